The Hall–Kier alpha value is -3.55. The van der Waals surface area contributed by atoms with Gasteiger partial charge in [-0.3, -0.25) is 4.99 Å². The highest BCUT2D eigenvalue weighted by Crippen LogP contribution is 2.38. The molecule has 1 aliphatic carbocycles. The summed E-state index contributed by atoms with van der Waals surface area (Å²) in [6.07, 6.45) is 5.33. The van der Waals surface area contributed by atoms with Crippen LogP contribution in [0.25, 0.3) is 10.9 Å². The van der Waals surface area contributed by atoms with Gasteiger partial charge in [-0.1, -0.05) is 36.4 Å². The average Bonchev–Trinajstić information content (AvgIpc) is 3.24. The lowest BCUT2D eigenvalue weighted by molar-refractivity contribution is -0.0200. The van der Waals surface area contributed by atoms with Crippen LogP contribution in [0.4, 0.5) is 9.59 Å². The number of hydrogen-bond donors (Lipinski definition) is 1. The molecule has 1 aromatic heterocycles. The monoisotopic (exact) mass is 466 g/mol. The second-order valence-corrected chi connectivity index (χ2v) is 10.3. The zero-order chi connectivity index (χ0) is 24.7. The van der Waals surface area contributed by atoms with Crippen molar-refractivity contribution in [2.24, 2.45) is 10.9 Å². The van der Waals surface area contributed by atoms with Crippen molar-refractivity contribution < 1.29 is 28.5 Å². The quantitative estimate of drug-likeness (QED) is 0.581. The Kier molecular flexibility index (Phi) is 6.02. The van der Waals surface area contributed by atoms with Gasteiger partial charge in [-0.2, -0.15) is 0 Å². The van der Waals surface area contributed by atoms with Gasteiger partial charge in [-0.25, -0.2) is 9.59 Å². The summed E-state index contributed by atoms with van der Waals surface area (Å²) in [5.41, 5.74) is 0.237. The van der Waals surface area contributed by atoms with Crippen molar-refractivity contribution in [3.63, 3.8) is 0 Å². The summed E-state index contributed by atoms with van der Waals surface area (Å²) < 4.78 is 22.3. The molecule has 1 N–H and O–H groups in total. The van der Waals surface area contributed by atoms with Crippen LogP contribution in [0.15, 0.2) is 53.6 Å². The van der Waals surface area contributed by atoms with Gasteiger partial charge in [-0.05, 0) is 53.7 Å². The normalized spacial score (nSPS) is 21.7. The van der Waals surface area contributed by atoms with Gasteiger partial charge in [0.25, 0.3) is 0 Å². The summed E-state index contributed by atoms with van der Waals surface area (Å²) in [6, 6.07) is 7.19. The summed E-state index contributed by atoms with van der Waals surface area (Å²) in [4.78, 5) is 33.3. The molecular weight excluding hydrogens is 436 g/mol. The zero-order valence-electron chi connectivity index (χ0n) is 20.2. The largest absolute Gasteiger partial charge is 0.514 e. The molecule has 34 heavy (non-hydrogen) atoms. The van der Waals surface area contributed by atoms with Crippen molar-refractivity contribution in [3.05, 3.63) is 54.3 Å². The predicted molar refractivity (Wildman–Crippen MR) is 128 cm³/mol. The van der Waals surface area contributed by atoms with Crippen molar-refractivity contribution in [3.8, 4) is 5.75 Å². The van der Waals surface area contributed by atoms with E-state index in [0.717, 1.165) is 5.52 Å². The van der Waals surface area contributed by atoms with Crippen molar-refractivity contribution in [2.45, 2.75) is 64.9 Å². The van der Waals surface area contributed by atoms with E-state index in [1.807, 2.05) is 48.6 Å². The van der Waals surface area contributed by atoms with Gasteiger partial charge >= 0.3 is 12.3 Å². The number of aromatic amines is 1. The lowest BCUT2D eigenvalue weighted by atomic mass is 9.91. The van der Waals surface area contributed by atoms with Gasteiger partial charge in [-0.15, -0.1) is 0 Å². The number of allylic oxidation sites excluding steroid dienone is 2. The van der Waals surface area contributed by atoms with Crippen LogP contribution in [-0.4, -0.2) is 46.4 Å². The molecule has 0 spiro atoms. The molecule has 0 amide bonds. The number of fused-ring (bicyclic) bond motifs is 2. The molecule has 0 fully saturated rings. The minimum Gasteiger partial charge on any atom is -0.429 e. The fourth-order valence-corrected chi connectivity index (χ4v) is 3.91. The Morgan fingerprint density at radius 3 is 2.26 bits per heavy atom. The maximum Gasteiger partial charge on any atom is 0.514 e. The van der Waals surface area contributed by atoms with Crippen LogP contribution in [0.1, 0.15) is 47.2 Å². The number of rotatable bonds is 3. The Labute approximate surface area is 198 Å². The maximum atomic E-state index is 12.6. The van der Waals surface area contributed by atoms with Gasteiger partial charge in [0, 0.05) is 16.8 Å². The van der Waals surface area contributed by atoms with Crippen LogP contribution in [0, 0.1) is 5.92 Å². The average molecular weight is 467 g/mol. The summed E-state index contributed by atoms with van der Waals surface area (Å²) in [5, 5.41) is 0.683. The van der Waals surface area contributed by atoms with E-state index in [9.17, 15) is 9.59 Å². The third kappa shape index (κ3) is 5.16. The van der Waals surface area contributed by atoms with Crippen LogP contribution in [0.5, 0.6) is 5.75 Å². The first-order valence-corrected chi connectivity index (χ1v) is 11.3. The lowest BCUT2D eigenvalue weighted by Gasteiger charge is -2.25. The van der Waals surface area contributed by atoms with Crippen molar-refractivity contribution in [1.82, 2.24) is 4.98 Å². The number of hydrogen-bond acceptors (Lipinski definition) is 7. The summed E-state index contributed by atoms with van der Waals surface area (Å²) in [6.45, 7) is 10.6. The van der Waals surface area contributed by atoms with Crippen molar-refractivity contribution in [2.75, 3.05) is 0 Å². The first kappa shape index (κ1) is 23.6. The lowest BCUT2D eigenvalue weighted by Crippen LogP contribution is -2.36. The third-order valence-electron chi connectivity index (χ3n) is 5.16. The molecule has 8 nitrogen and oxygen atoms in total. The Bertz CT molecular complexity index is 1190. The molecule has 0 bridgehead atoms. The number of benzene rings is 1. The molecule has 1 aromatic carbocycles. The molecule has 0 saturated heterocycles. The highest BCUT2D eigenvalue weighted by atomic mass is 16.7. The van der Waals surface area contributed by atoms with Gasteiger partial charge in [0.2, 0.25) is 0 Å². The summed E-state index contributed by atoms with van der Waals surface area (Å²) in [7, 11) is 0. The van der Waals surface area contributed by atoms with E-state index in [1.54, 1.807) is 41.5 Å². The highest BCUT2D eigenvalue weighted by Gasteiger charge is 2.43. The standard InChI is InChI=1S/C26H30N2O6/c1-25(2,3)33-23(29)31-21-15-11-7-9-13-17(15)27-19(21)20-22(32-24(30)34-26(4,5)6)16-12-8-10-14-18(16)28-20/h7-15,17,21,28H,1-6H3. The molecule has 0 saturated carbocycles. The highest BCUT2D eigenvalue weighted by molar-refractivity contribution is 6.12. The van der Waals surface area contributed by atoms with Gasteiger partial charge < -0.3 is 23.9 Å². The molecule has 180 valence electrons. The van der Waals surface area contributed by atoms with Gasteiger partial charge in [0.15, 0.2) is 11.9 Å². The molecular formula is C26H30N2O6. The molecule has 8 heteroatoms. The molecule has 1 aliphatic heterocycles. The number of nitrogens with one attached hydrogen (secondary N) is 1. The predicted octanol–water partition coefficient (Wildman–Crippen LogP) is 5.72. The molecule has 3 atom stereocenters. The van der Waals surface area contributed by atoms with E-state index >= 15 is 0 Å². The van der Waals surface area contributed by atoms with E-state index in [1.165, 1.54) is 0 Å². The number of para-hydroxylation sites is 1. The number of ether oxygens (including phenoxy) is 4. The van der Waals surface area contributed by atoms with E-state index in [0.29, 0.717) is 16.8 Å². The summed E-state index contributed by atoms with van der Waals surface area (Å²) >= 11 is 0. The van der Waals surface area contributed by atoms with Crippen molar-refractivity contribution in [1.29, 1.82) is 0 Å². The Morgan fingerprint density at radius 2 is 1.56 bits per heavy atom. The maximum absolute atomic E-state index is 12.6. The molecule has 2 aromatic rings. The van der Waals surface area contributed by atoms with Gasteiger partial charge in [0.05, 0.1) is 6.04 Å². The zero-order valence-corrected chi connectivity index (χ0v) is 20.2. The van der Waals surface area contributed by atoms with E-state index < -0.39 is 29.6 Å². The SMILES string of the molecule is CC(C)(C)OC(=O)Oc1c(C2=NC3C=CC=CC3C2OC(=O)OC(C)(C)C)[nH]c2ccccc12. The van der Waals surface area contributed by atoms with Crippen LogP contribution in [0.3, 0.4) is 0 Å². The van der Waals surface area contributed by atoms with E-state index in [2.05, 4.69) is 4.98 Å². The second-order valence-electron chi connectivity index (χ2n) is 10.3. The van der Waals surface area contributed by atoms with Crippen LogP contribution in [0.2, 0.25) is 0 Å². The molecule has 2 aliphatic rings. The molecule has 4 rings (SSSR count). The number of H-pyrrole nitrogens is 1. The number of nitrogens with zero attached hydrogens (tertiary/aromatic N) is 1. The number of carbonyl (C=O) groups is 2. The van der Waals surface area contributed by atoms with Crippen LogP contribution in [-0.2, 0) is 14.2 Å². The molecule has 2 heterocycles. The molecule has 3 unspecified atom stereocenters. The fraction of sp³-hybridized carbons (Fsp3) is 0.423. The van der Waals surface area contributed by atoms with E-state index in [4.69, 9.17) is 23.9 Å². The minimum atomic E-state index is -0.834. The van der Waals surface area contributed by atoms with Gasteiger partial charge in [0.1, 0.15) is 22.6 Å². The molecule has 0 radical (unpaired) electrons. The smallest absolute Gasteiger partial charge is 0.429 e. The minimum absolute atomic E-state index is 0.215. The first-order valence-electron chi connectivity index (χ1n) is 11.3. The summed E-state index contributed by atoms with van der Waals surface area (Å²) in [5.74, 6) is 0.0568. The fourth-order valence-electron chi connectivity index (χ4n) is 3.91. The number of aromatic nitrogens is 1. The number of carbonyl (C=O) groups excluding carboxylic acids is 2. The van der Waals surface area contributed by atoms with Crippen LogP contribution < -0.4 is 4.74 Å². The van der Waals surface area contributed by atoms with E-state index in [-0.39, 0.29) is 17.7 Å². The Morgan fingerprint density at radius 1 is 0.912 bits per heavy atom. The Balaban J connectivity index is 1.74. The topological polar surface area (TPSA) is 99.2 Å². The van der Waals surface area contributed by atoms with Crippen LogP contribution >= 0.6 is 0 Å². The second kappa shape index (κ2) is 8.66. The third-order valence-corrected chi connectivity index (χ3v) is 5.16. The first-order chi connectivity index (χ1) is 15.9. The van der Waals surface area contributed by atoms with Crippen molar-refractivity contribution >= 4 is 28.9 Å². The number of aliphatic imine (C=N–C) groups is 1.